The second kappa shape index (κ2) is 3.44. The zero-order valence-electron chi connectivity index (χ0n) is 8.89. The van der Waals surface area contributed by atoms with E-state index in [1.54, 1.807) is 13.8 Å². The molecule has 4 heteroatoms. The van der Waals surface area contributed by atoms with Gasteiger partial charge in [0, 0.05) is 6.54 Å². The number of imide groups is 1. The van der Waals surface area contributed by atoms with E-state index in [9.17, 15) is 9.59 Å². The highest BCUT2D eigenvalue weighted by Gasteiger charge is 2.43. The Morgan fingerprint density at radius 3 is 2.43 bits per heavy atom. The van der Waals surface area contributed by atoms with Gasteiger partial charge < -0.3 is 5.32 Å². The maximum atomic E-state index is 11.7. The summed E-state index contributed by atoms with van der Waals surface area (Å²) in [5.41, 5.74) is 0.210. The maximum Gasteiger partial charge on any atom is 0.325 e. The van der Waals surface area contributed by atoms with Crippen molar-refractivity contribution >= 4 is 11.9 Å². The van der Waals surface area contributed by atoms with Gasteiger partial charge in [-0.15, -0.1) is 6.58 Å². The standard InChI is InChI=1S/C10H16N2O2/c1-7(2)5-6-12-8(13)10(3,4)11-9(12)14/h1,5-6H2,2-4H3,(H,11,14). The molecule has 0 saturated carbocycles. The summed E-state index contributed by atoms with van der Waals surface area (Å²) >= 11 is 0. The molecular formula is C10H16N2O2. The number of carbonyl (C=O) groups excluding carboxylic acids is 2. The molecule has 1 N–H and O–H groups in total. The first-order valence-electron chi connectivity index (χ1n) is 4.63. The van der Waals surface area contributed by atoms with Crippen LogP contribution >= 0.6 is 0 Å². The Balaban J connectivity index is 2.67. The molecule has 0 aliphatic carbocycles. The van der Waals surface area contributed by atoms with Gasteiger partial charge in [0.1, 0.15) is 5.54 Å². The van der Waals surface area contributed by atoms with Crippen molar-refractivity contribution in [2.75, 3.05) is 6.54 Å². The summed E-state index contributed by atoms with van der Waals surface area (Å²) in [5.74, 6) is -0.163. The SMILES string of the molecule is C=C(C)CCN1C(=O)NC(C)(C)C1=O. The first-order chi connectivity index (χ1) is 6.34. The van der Waals surface area contributed by atoms with E-state index < -0.39 is 5.54 Å². The van der Waals surface area contributed by atoms with Crippen LogP contribution in [-0.4, -0.2) is 28.9 Å². The molecule has 3 amide bonds. The molecule has 1 aliphatic rings. The van der Waals surface area contributed by atoms with Crippen LogP contribution in [0.1, 0.15) is 27.2 Å². The molecule has 0 bridgehead atoms. The molecule has 0 aromatic rings. The lowest BCUT2D eigenvalue weighted by molar-refractivity contribution is -0.130. The molecule has 0 atom stereocenters. The molecule has 1 fully saturated rings. The normalized spacial score (nSPS) is 19.8. The van der Waals surface area contributed by atoms with E-state index in [1.807, 2.05) is 6.92 Å². The number of nitrogens with zero attached hydrogens (tertiary/aromatic N) is 1. The molecule has 1 rings (SSSR count). The highest BCUT2D eigenvalue weighted by atomic mass is 16.2. The van der Waals surface area contributed by atoms with Crippen LogP contribution in [0.4, 0.5) is 4.79 Å². The van der Waals surface area contributed by atoms with Crippen LogP contribution in [0.2, 0.25) is 0 Å². The van der Waals surface area contributed by atoms with Crippen molar-refractivity contribution in [1.82, 2.24) is 10.2 Å². The van der Waals surface area contributed by atoms with Gasteiger partial charge in [-0.25, -0.2) is 4.79 Å². The van der Waals surface area contributed by atoms with Gasteiger partial charge in [-0.3, -0.25) is 9.69 Å². The minimum absolute atomic E-state index is 0.163. The zero-order valence-corrected chi connectivity index (χ0v) is 8.89. The van der Waals surface area contributed by atoms with E-state index >= 15 is 0 Å². The van der Waals surface area contributed by atoms with Crippen molar-refractivity contribution in [3.8, 4) is 0 Å². The predicted molar refractivity (Wildman–Crippen MR) is 53.8 cm³/mol. The minimum Gasteiger partial charge on any atom is -0.324 e. The number of hydrogen-bond donors (Lipinski definition) is 1. The topological polar surface area (TPSA) is 49.4 Å². The maximum absolute atomic E-state index is 11.7. The summed E-state index contributed by atoms with van der Waals surface area (Å²) in [6.07, 6.45) is 0.662. The summed E-state index contributed by atoms with van der Waals surface area (Å²) in [7, 11) is 0. The fourth-order valence-electron chi connectivity index (χ4n) is 1.32. The number of urea groups is 1. The van der Waals surface area contributed by atoms with Crippen LogP contribution < -0.4 is 5.32 Å². The number of carbonyl (C=O) groups is 2. The van der Waals surface area contributed by atoms with E-state index in [-0.39, 0.29) is 11.9 Å². The lowest BCUT2D eigenvalue weighted by Crippen LogP contribution is -2.40. The second-order valence-corrected chi connectivity index (χ2v) is 4.22. The monoisotopic (exact) mass is 196 g/mol. The molecule has 1 heterocycles. The zero-order chi connectivity index (χ0) is 10.9. The van der Waals surface area contributed by atoms with Gasteiger partial charge >= 0.3 is 6.03 Å². The number of amides is 3. The van der Waals surface area contributed by atoms with E-state index in [0.29, 0.717) is 13.0 Å². The van der Waals surface area contributed by atoms with Gasteiger partial charge in [-0.05, 0) is 27.2 Å². The average molecular weight is 196 g/mol. The molecule has 78 valence electrons. The van der Waals surface area contributed by atoms with Gasteiger partial charge in [0.15, 0.2) is 0 Å². The molecule has 0 radical (unpaired) electrons. The van der Waals surface area contributed by atoms with Crippen molar-refractivity contribution < 1.29 is 9.59 Å². The van der Waals surface area contributed by atoms with Crippen LogP contribution in [0.3, 0.4) is 0 Å². The third kappa shape index (κ3) is 1.95. The smallest absolute Gasteiger partial charge is 0.324 e. The second-order valence-electron chi connectivity index (χ2n) is 4.22. The lowest BCUT2D eigenvalue weighted by atomic mass is 10.1. The van der Waals surface area contributed by atoms with Crippen molar-refractivity contribution in [3.05, 3.63) is 12.2 Å². The van der Waals surface area contributed by atoms with Crippen LogP contribution in [0.25, 0.3) is 0 Å². The van der Waals surface area contributed by atoms with E-state index in [0.717, 1.165) is 5.57 Å². The molecule has 0 aromatic carbocycles. The van der Waals surface area contributed by atoms with Gasteiger partial charge in [0.25, 0.3) is 5.91 Å². The minimum atomic E-state index is -0.758. The van der Waals surface area contributed by atoms with Crippen LogP contribution in [0, 0.1) is 0 Å². The van der Waals surface area contributed by atoms with Crippen LogP contribution in [0.15, 0.2) is 12.2 Å². The number of rotatable bonds is 3. The third-order valence-corrected chi connectivity index (χ3v) is 2.21. The molecule has 1 aliphatic heterocycles. The number of hydrogen-bond acceptors (Lipinski definition) is 2. The van der Waals surface area contributed by atoms with E-state index in [1.165, 1.54) is 4.90 Å². The summed E-state index contributed by atoms with van der Waals surface area (Å²) in [4.78, 5) is 24.3. The third-order valence-electron chi connectivity index (χ3n) is 2.21. The highest BCUT2D eigenvalue weighted by molar-refractivity contribution is 6.06. The van der Waals surface area contributed by atoms with E-state index in [2.05, 4.69) is 11.9 Å². The van der Waals surface area contributed by atoms with Crippen LogP contribution in [-0.2, 0) is 4.79 Å². The van der Waals surface area contributed by atoms with Crippen molar-refractivity contribution in [1.29, 1.82) is 0 Å². The first kappa shape index (κ1) is 10.8. The molecule has 4 nitrogen and oxygen atoms in total. The Morgan fingerprint density at radius 2 is 2.07 bits per heavy atom. The molecule has 0 unspecified atom stereocenters. The fraction of sp³-hybridized carbons (Fsp3) is 0.600. The summed E-state index contributed by atoms with van der Waals surface area (Å²) < 4.78 is 0. The van der Waals surface area contributed by atoms with Gasteiger partial charge in [-0.1, -0.05) is 5.57 Å². The summed E-state index contributed by atoms with van der Waals surface area (Å²) in [6.45, 7) is 9.44. The Hall–Kier alpha value is -1.32. The Kier molecular flexibility index (Phi) is 2.64. The Morgan fingerprint density at radius 1 is 1.50 bits per heavy atom. The molecule has 1 saturated heterocycles. The van der Waals surface area contributed by atoms with E-state index in [4.69, 9.17) is 0 Å². The van der Waals surface area contributed by atoms with Gasteiger partial charge in [0.05, 0.1) is 0 Å². The van der Waals surface area contributed by atoms with Gasteiger partial charge in [0.2, 0.25) is 0 Å². The predicted octanol–water partition coefficient (Wildman–Crippen LogP) is 1.28. The summed E-state index contributed by atoms with van der Waals surface area (Å²) in [6, 6.07) is -0.304. The largest absolute Gasteiger partial charge is 0.325 e. The Bertz CT molecular complexity index is 294. The van der Waals surface area contributed by atoms with Crippen molar-refractivity contribution in [2.45, 2.75) is 32.7 Å². The molecule has 0 aromatic heterocycles. The average Bonchev–Trinajstić information content (AvgIpc) is 2.19. The quantitative estimate of drug-likeness (QED) is 0.546. The van der Waals surface area contributed by atoms with Crippen molar-refractivity contribution in [2.24, 2.45) is 0 Å². The number of nitrogens with one attached hydrogen (secondary N) is 1. The van der Waals surface area contributed by atoms with Crippen LogP contribution in [0.5, 0.6) is 0 Å². The first-order valence-corrected chi connectivity index (χ1v) is 4.63. The Labute approximate surface area is 84.0 Å². The molecular weight excluding hydrogens is 180 g/mol. The molecule has 14 heavy (non-hydrogen) atoms. The fourth-order valence-corrected chi connectivity index (χ4v) is 1.32. The lowest BCUT2D eigenvalue weighted by Gasteiger charge is -2.15. The molecule has 0 spiro atoms. The van der Waals surface area contributed by atoms with Gasteiger partial charge in [-0.2, -0.15) is 0 Å². The summed E-state index contributed by atoms with van der Waals surface area (Å²) in [5, 5.41) is 2.62. The highest BCUT2D eigenvalue weighted by Crippen LogP contribution is 2.17. The van der Waals surface area contributed by atoms with Crippen molar-refractivity contribution in [3.63, 3.8) is 0 Å².